The van der Waals surface area contributed by atoms with Crippen LogP contribution < -0.4 is 5.73 Å². The fraction of sp³-hybridized carbons (Fsp3) is 0.105. The maximum absolute atomic E-state index is 13.6. The molecule has 6 heteroatoms. The number of nitrogens with one attached hydrogen (secondary N) is 2. The first-order valence-corrected chi connectivity index (χ1v) is 7.93. The van der Waals surface area contributed by atoms with Gasteiger partial charge in [0, 0.05) is 40.8 Å². The largest absolute Gasteiger partial charge is 0.361 e. The number of nitrogens with zero attached hydrogens (tertiary/aromatic N) is 1. The quantitative estimate of drug-likeness (QED) is 0.528. The van der Waals surface area contributed by atoms with Crippen molar-refractivity contribution in [2.24, 2.45) is 5.73 Å². The minimum Gasteiger partial charge on any atom is -0.361 e. The fourth-order valence-corrected chi connectivity index (χ4v) is 3.11. The Morgan fingerprint density at radius 3 is 2.52 bits per heavy atom. The van der Waals surface area contributed by atoms with Gasteiger partial charge in [-0.2, -0.15) is 5.10 Å². The van der Waals surface area contributed by atoms with Crippen molar-refractivity contribution in [1.82, 2.24) is 15.2 Å². The molecule has 2 aromatic heterocycles. The summed E-state index contributed by atoms with van der Waals surface area (Å²) in [5.74, 6) is -0.738. The molecule has 0 radical (unpaired) electrons. The van der Waals surface area contributed by atoms with Gasteiger partial charge < -0.3 is 10.7 Å². The molecule has 0 aliphatic heterocycles. The Hall–Kier alpha value is -2.99. The van der Waals surface area contributed by atoms with Crippen LogP contribution in [-0.2, 0) is 0 Å². The number of hydrogen-bond acceptors (Lipinski definition) is 2. The molecular formula is C19H16F2N4. The highest BCUT2D eigenvalue weighted by Gasteiger charge is 2.19. The Labute approximate surface area is 142 Å². The monoisotopic (exact) mass is 338 g/mol. The van der Waals surface area contributed by atoms with Crippen LogP contribution in [0.25, 0.3) is 22.2 Å². The minimum atomic E-state index is -0.292. The summed E-state index contributed by atoms with van der Waals surface area (Å²) in [6.07, 6.45) is 1.85. The number of benzene rings is 2. The van der Waals surface area contributed by atoms with Crippen LogP contribution in [0.3, 0.4) is 0 Å². The van der Waals surface area contributed by atoms with Crippen molar-refractivity contribution in [1.29, 1.82) is 0 Å². The van der Waals surface area contributed by atoms with E-state index >= 15 is 0 Å². The van der Waals surface area contributed by atoms with Crippen molar-refractivity contribution in [2.75, 3.05) is 6.54 Å². The highest BCUT2D eigenvalue weighted by Crippen LogP contribution is 2.31. The molecule has 2 heterocycles. The molecule has 0 amide bonds. The Morgan fingerprint density at radius 2 is 1.76 bits per heavy atom. The molecule has 0 spiro atoms. The van der Waals surface area contributed by atoms with E-state index in [9.17, 15) is 8.78 Å². The van der Waals surface area contributed by atoms with Crippen molar-refractivity contribution in [3.63, 3.8) is 0 Å². The van der Waals surface area contributed by atoms with Crippen molar-refractivity contribution in [3.8, 4) is 11.3 Å². The molecular weight excluding hydrogens is 322 g/mol. The molecule has 0 fully saturated rings. The second-order valence-electron chi connectivity index (χ2n) is 5.94. The second kappa shape index (κ2) is 6.14. The zero-order valence-electron chi connectivity index (χ0n) is 13.3. The lowest BCUT2D eigenvalue weighted by atomic mass is 9.95. The maximum Gasteiger partial charge on any atom is 0.123 e. The standard InChI is InChI=1S/C19H16F2N4/c20-12-3-1-11(2-4-12)18-8-19(25-24-18)15(9-22)16-10-23-17-6-5-13(21)7-14(16)17/h1-8,10,15,23H,9,22H2,(H,24,25). The number of rotatable bonds is 4. The Balaban J connectivity index is 1.74. The molecule has 0 aliphatic rings. The van der Waals surface area contributed by atoms with Gasteiger partial charge in [-0.05, 0) is 54.1 Å². The van der Waals surface area contributed by atoms with Gasteiger partial charge in [-0.25, -0.2) is 8.78 Å². The summed E-state index contributed by atoms with van der Waals surface area (Å²) in [5, 5.41) is 8.11. The van der Waals surface area contributed by atoms with E-state index in [1.807, 2.05) is 12.3 Å². The topological polar surface area (TPSA) is 70.5 Å². The smallest absolute Gasteiger partial charge is 0.123 e. The molecule has 2 aromatic carbocycles. The van der Waals surface area contributed by atoms with Gasteiger partial charge in [0.2, 0.25) is 0 Å². The molecule has 0 saturated heterocycles. The van der Waals surface area contributed by atoms with Crippen molar-refractivity contribution in [2.45, 2.75) is 5.92 Å². The molecule has 0 bridgehead atoms. The molecule has 1 atom stereocenters. The molecule has 1 unspecified atom stereocenters. The zero-order valence-corrected chi connectivity index (χ0v) is 13.3. The summed E-state index contributed by atoms with van der Waals surface area (Å²) in [6.45, 7) is 0.342. The van der Waals surface area contributed by atoms with Crippen LogP contribution in [0, 0.1) is 11.6 Å². The van der Waals surface area contributed by atoms with Crippen LogP contribution in [0.15, 0.2) is 54.7 Å². The lowest BCUT2D eigenvalue weighted by Gasteiger charge is -2.12. The number of H-pyrrole nitrogens is 2. The summed E-state index contributed by atoms with van der Waals surface area (Å²) in [7, 11) is 0. The van der Waals surface area contributed by atoms with E-state index in [1.165, 1.54) is 24.3 Å². The fourth-order valence-electron chi connectivity index (χ4n) is 3.11. The van der Waals surface area contributed by atoms with Crippen LogP contribution >= 0.6 is 0 Å². The predicted molar refractivity (Wildman–Crippen MR) is 93.1 cm³/mol. The SMILES string of the molecule is NCC(c1cc(-c2ccc(F)cc2)n[nH]1)c1c[nH]c2ccc(F)cc12. The number of hydrogen-bond donors (Lipinski definition) is 3. The first-order valence-electron chi connectivity index (χ1n) is 7.93. The van der Waals surface area contributed by atoms with Crippen LogP contribution in [0.5, 0.6) is 0 Å². The lowest BCUT2D eigenvalue weighted by Crippen LogP contribution is -2.14. The van der Waals surface area contributed by atoms with Gasteiger partial charge in [-0.1, -0.05) is 0 Å². The van der Waals surface area contributed by atoms with E-state index in [1.54, 1.807) is 18.2 Å². The maximum atomic E-state index is 13.6. The molecule has 126 valence electrons. The predicted octanol–water partition coefficient (Wildman–Crippen LogP) is 3.93. The summed E-state index contributed by atoms with van der Waals surface area (Å²) in [6, 6.07) is 12.7. The van der Waals surface area contributed by atoms with Crippen LogP contribution in [0.1, 0.15) is 17.2 Å². The summed E-state index contributed by atoms with van der Waals surface area (Å²) >= 11 is 0. The van der Waals surface area contributed by atoms with Gasteiger partial charge in [0.1, 0.15) is 11.6 Å². The number of aromatic nitrogens is 3. The van der Waals surface area contributed by atoms with Crippen molar-refractivity contribution in [3.05, 3.63) is 77.6 Å². The Kier molecular flexibility index (Phi) is 3.82. The number of aromatic amines is 2. The van der Waals surface area contributed by atoms with Gasteiger partial charge in [0.05, 0.1) is 5.69 Å². The van der Waals surface area contributed by atoms with Gasteiger partial charge >= 0.3 is 0 Å². The van der Waals surface area contributed by atoms with E-state index < -0.39 is 0 Å². The average molecular weight is 338 g/mol. The average Bonchev–Trinajstić information content (AvgIpc) is 3.25. The first kappa shape index (κ1) is 15.5. The third-order valence-electron chi connectivity index (χ3n) is 4.40. The lowest BCUT2D eigenvalue weighted by molar-refractivity contribution is 0.628. The van der Waals surface area contributed by atoms with E-state index in [4.69, 9.17) is 5.73 Å². The first-order chi connectivity index (χ1) is 12.2. The van der Waals surface area contributed by atoms with E-state index in [0.29, 0.717) is 12.2 Å². The normalized spacial score (nSPS) is 12.6. The highest BCUT2D eigenvalue weighted by molar-refractivity contribution is 5.84. The molecule has 4 aromatic rings. The molecule has 0 saturated carbocycles. The van der Waals surface area contributed by atoms with Crippen LogP contribution in [0.4, 0.5) is 8.78 Å². The van der Waals surface area contributed by atoms with Crippen LogP contribution in [-0.4, -0.2) is 21.7 Å². The molecule has 4 nitrogen and oxygen atoms in total. The Morgan fingerprint density at radius 1 is 1.00 bits per heavy atom. The zero-order chi connectivity index (χ0) is 17.4. The number of fused-ring (bicyclic) bond motifs is 1. The van der Waals surface area contributed by atoms with Crippen molar-refractivity contribution >= 4 is 10.9 Å². The summed E-state index contributed by atoms with van der Waals surface area (Å²) in [4.78, 5) is 3.15. The van der Waals surface area contributed by atoms with E-state index in [-0.39, 0.29) is 17.6 Å². The van der Waals surface area contributed by atoms with Gasteiger partial charge in [0.15, 0.2) is 0 Å². The molecule has 4 rings (SSSR count). The minimum absolute atomic E-state index is 0.155. The summed E-state index contributed by atoms with van der Waals surface area (Å²) in [5.41, 5.74) is 10.1. The summed E-state index contributed by atoms with van der Waals surface area (Å²) < 4.78 is 26.7. The van der Waals surface area contributed by atoms with E-state index in [2.05, 4.69) is 15.2 Å². The second-order valence-corrected chi connectivity index (χ2v) is 5.94. The van der Waals surface area contributed by atoms with Gasteiger partial charge in [0.25, 0.3) is 0 Å². The van der Waals surface area contributed by atoms with Gasteiger partial charge in [-0.3, -0.25) is 5.10 Å². The number of halogens is 2. The third-order valence-corrected chi connectivity index (χ3v) is 4.40. The Bertz CT molecular complexity index is 1020. The third kappa shape index (κ3) is 2.81. The molecule has 25 heavy (non-hydrogen) atoms. The highest BCUT2D eigenvalue weighted by atomic mass is 19.1. The molecule has 4 N–H and O–H groups in total. The molecule has 0 aliphatic carbocycles. The number of nitrogens with two attached hydrogens (primary N) is 1. The van der Waals surface area contributed by atoms with Crippen LogP contribution in [0.2, 0.25) is 0 Å². The van der Waals surface area contributed by atoms with Crippen molar-refractivity contribution < 1.29 is 8.78 Å². The van der Waals surface area contributed by atoms with E-state index in [0.717, 1.165) is 27.7 Å². The van der Waals surface area contributed by atoms with Gasteiger partial charge in [-0.15, -0.1) is 0 Å².